The Bertz CT molecular complexity index is 349. The van der Waals surface area contributed by atoms with Crippen LogP contribution in [0.15, 0.2) is 30.1 Å². The van der Waals surface area contributed by atoms with Gasteiger partial charge in [-0.3, -0.25) is 0 Å². The molecule has 2 nitrogen and oxygen atoms in total. The molecule has 0 aromatic carbocycles. The molecule has 1 aromatic rings. The van der Waals surface area contributed by atoms with Crippen LogP contribution < -0.4 is 0 Å². The van der Waals surface area contributed by atoms with Gasteiger partial charge in [-0.15, -0.1) is 5.47 Å². The summed E-state index contributed by atoms with van der Waals surface area (Å²) < 4.78 is 0. The van der Waals surface area contributed by atoms with Crippen molar-refractivity contribution in [1.82, 2.24) is 9.97 Å². The third kappa shape index (κ3) is 1.59. The lowest BCUT2D eigenvalue weighted by Gasteiger charge is -2.18. The molecular weight excluding hydrogens is 159 g/mol. The van der Waals surface area contributed by atoms with Gasteiger partial charge in [0.05, 0.1) is 18.2 Å². The van der Waals surface area contributed by atoms with E-state index >= 15 is 0 Å². The van der Waals surface area contributed by atoms with Gasteiger partial charge in [-0.1, -0.05) is 19.1 Å². The average Bonchev–Trinajstić information content (AvgIpc) is 2.62. The maximum Gasteiger partial charge on any atom is 0.108 e. The first-order valence-corrected chi connectivity index (χ1v) is 4.42. The molecule has 1 aliphatic carbocycles. The van der Waals surface area contributed by atoms with Crippen LogP contribution in [0.3, 0.4) is 0 Å². The molecule has 1 unspecified atom stereocenters. The summed E-state index contributed by atoms with van der Waals surface area (Å²) >= 11 is 0. The molecule has 0 saturated carbocycles. The van der Waals surface area contributed by atoms with Crippen molar-refractivity contribution in [3.05, 3.63) is 35.8 Å². The summed E-state index contributed by atoms with van der Waals surface area (Å²) in [5.41, 5.74) is 3.33. The Labute approximate surface area is 79.2 Å². The molecule has 64 valence electrons. The fourth-order valence-corrected chi connectivity index (χ4v) is 1.51. The molecule has 1 aromatic heterocycles. The van der Waals surface area contributed by atoms with Crippen LogP contribution in [0.25, 0.3) is 5.57 Å². The molecule has 13 heavy (non-hydrogen) atoms. The third-order valence-electron chi connectivity index (χ3n) is 2.42. The van der Waals surface area contributed by atoms with E-state index in [1.807, 2.05) is 12.3 Å². The second kappa shape index (κ2) is 3.25. The van der Waals surface area contributed by atoms with Crippen molar-refractivity contribution in [2.24, 2.45) is 5.92 Å². The van der Waals surface area contributed by atoms with Crippen LogP contribution in [-0.2, 0) is 0 Å². The van der Waals surface area contributed by atoms with Crippen molar-refractivity contribution in [3.63, 3.8) is 0 Å². The Morgan fingerprint density at radius 2 is 2.38 bits per heavy atom. The monoisotopic (exact) mass is 170 g/mol. The Balaban J connectivity index is 2.28. The number of rotatable bonds is 1. The van der Waals surface area contributed by atoms with Gasteiger partial charge in [0.15, 0.2) is 0 Å². The first kappa shape index (κ1) is 8.36. The van der Waals surface area contributed by atoms with Gasteiger partial charge in [0.25, 0.3) is 0 Å². The average molecular weight is 170 g/mol. The lowest BCUT2D eigenvalue weighted by Crippen LogP contribution is -2.04. The Hall–Kier alpha value is -1.25. The highest BCUT2D eigenvalue weighted by Gasteiger charge is 2.12. The predicted octanol–water partition coefficient (Wildman–Crippen LogP) is 1.89. The van der Waals surface area contributed by atoms with Crippen molar-refractivity contribution in [3.8, 4) is 0 Å². The number of nitrogens with zero attached hydrogens (tertiary/aromatic N) is 1. The minimum atomic E-state index is 0.434. The van der Waals surface area contributed by atoms with E-state index in [4.69, 9.17) is 7.85 Å². The van der Waals surface area contributed by atoms with Gasteiger partial charge in [0, 0.05) is 0 Å². The van der Waals surface area contributed by atoms with Crippen molar-refractivity contribution in [1.29, 1.82) is 0 Å². The molecule has 1 N–H and O–H groups in total. The van der Waals surface area contributed by atoms with E-state index in [-0.39, 0.29) is 0 Å². The molecule has 1 aliphatic rings. The molecule has 0 aliphatic heterocycles. The Morgan fingerprint density at radius 3 is 3.00 bits per heavy atom. The molecule has 1 heterocycles. The fraction of sp³-hybridized carbons (Fsp3) is 0.300. The molecule has 3 heteroatoms. The summed E-state index contributed by atoms with van der Waals surface area (Å²) in [6.45, 7) is 2.13. The molecule has 2 rings (SSSR count). The third-order valence-corrected chi connectivity index (χ3v) is 2.42. The van der Waals surface area contributed by atoms with Crippen molar-refractivity contribution in [2.75, 3.05) is 0 Å². The number of imidazole rings is 1. The highest BCUT2D eigenvalue weighted by molar-refractivity contribution is 6.22. The number of hydrogen-bond donors (Lipinski definition) is 1. The van der Waals surface area contributed by atoms with Gasteiger partial charge < -0.3 is 4.98 Å². The van der Waals surface area contributed by atoms with Crippen molar-refractivity contribution in [2.45, 2.75) is 13.3 Å². The maximum atomic E-state index is 5.78. The number of aromatic amines is 1. The van der Waals surface area contributed by atoms with Crippen molar-refractivity contribution >= 4 is 13.4 Å². The molecule has 0 fully saturated rings. The van der Waals surface area contributed by atoms with Gasteiger partial charge in [0.1, 0.15) is 7.85 Å². The predicted molar refractivity (Wildman–Crippen MR) is 54.2 cm³/mol. The van der Waals surface area contributed by atoms with E-state index < -0.39 is 0 Å². The van der Waals surface area contributed by atoms with Crippen LogP contribution in [0.2, 0.25) is 0 Å². The highest BCUT2D eigenvalue weighted by Crippen LogP contribution is 2.28. The van der Waals surface area contributed by atoms with Crippen molar-refractivity contribution < 1.29 is 0 Å². The van der Waals surface area contributed by atoms with Gasteiger partial charge in [-0.05, 0) is 17.9 Å². The van der Waals surface area contributed by atoms with Gasteiger partial charge in [-0.25, -0.2) is 4.98 Å². The quantitative estimate of drug-likeness (QED) is 0.640. The first-order chi connectivity index (χ1) is 6.27. The van der Waals surface area contributed by atoms with Crippen LogP contribution in [-0.4, -0.2) is 17.8 Å². The zero-order chi connectivity index (χ0) is 9.26. The topological polar surface area (TPSA) is 28.7 Å². The zero-order valence-electron chi connectivity index (χ0n) is 7.62. The summed E-state index contributed by atoms with van der Waals surface area (Å²) in [6, 6.07) is 0. The molecule has 0 bridgehead atoms. The molecule has 0 saturated heterocycles. The lowest BCUT2D eigenvalue weighted by atomic mass is 9.77. The molecule has 0 spiro atoms. The summed E-state index contributed by atoms with van der Waals surface area (Å²) in [5.74, 6) is 0.434. The minimum absolute atomic E-state index is 0.434. The molecule has 0 amide bonds. The molecular formula is C10H11BN2. The minimum Gasteiger partial charge on any atom is -0.345 e. The van der Waals surface area contributed by atoms with E-state index in [1.165, 1.54) is 5.57 Å². The highest BCUT2D eigenvalue weighted by atomic mass is 14.9. The first-order valence-electron chi connectivity index (χ1n) is 4.42. The SMILES string of the molecule is [B]C1=CC=C(c2cnc[nH]2)CC1C. The van der Waals surface area contributed by atoms with Crippen LogP contribution >= 0.6 is 0 Å². The van der Waals surface area contributed by atoms with Gasteiger partial charge in [0.2, 0.25) is 0 Å². The maximum absolute atomic E-state index is 5.78. The Morgan fingerprint density at radius 1 is 1.54 bits per heavy atom. The summed E-state index contributed by atoms with van der Waals surface area (Å²) in [6.07, 6.45) is 8.56. The number of nitrogens with one attached hydrogen (secondary N) is 1. The smallest absolute Gasteiger partial charge is 0.108 e. The zero-order valence-corrected chi connectivity index (χ0v) is 7.62. The lowest BCUT2D eigenvalue weighted by molar-refractivity contribution is 0.731. The number of hydrogen-bond acceptors (Lipinski definition) is 1. The number of aromatic nitrogens is 2. The van der Waals surface area contributed by atoms with E-state index in [2.05, 4.69) is 23.0 Å². The number of H-pyrrole nitrogens is 1. The second-order valence-corrected chi connectivity index (χ2v) is 3.43. The van der Waals surface area contributed by atoms with Gasteiger partial charge >= 0.3 is 0 Å². The largest absolute Gasteiger partial charge is 0.345 e. The normalized spacial score (nSPS) is 22.4. The standard InChI is InChI=1S/C10H11BN2/c1-7-4-8(2-3-9(7)11)10-5-12-6-13-10/h2-3,5-7H,4H2,1H3,(H,12,13). The fourth-order valence-electron chi connectivity index (χ4n) is 1.51. The Kier molecular flexibility index (Phi) is 2.09. The summed E-state index contributed by atoms with van der Waals surface area (Å²) in [4.78, 5) is 7.09. The summed E-state index contributed by atoms with van der Waals surface area (Å²) in [5, 5.41) is 0. The van der Waals surface area contributed by atoms with E-state index in [0.29, 0.717) is 5.92 Å². The van der Waals surface area contributed by atoms with Gasteiger partial charge in [-0.2, -0.15) is 0 Å². The second-order valence-electron chi connectivity index (χ2n) is 3.43. The van der Waals surface area contributed by atoms with Crippen LogP contribution in [0.5, 0.6) is 0 Å². The molecule has 1 atom stereocenters. The summed E-state index contributed by atoms with van der Waals surface area (Å²) in [7, 11) is 5.78. The van der Waals surface area contributed by atoms with E-state index in [1.54, 1.807) is 6.33 Å². The molecule has 2 radical (unpaired) electrons. The van der Waals surface area contributed by atoms with E-state index in [9.17, 15) is 0 Å². The number of allylic oxidation sites excluding steroid dienone is 4. The van der Waals surface area contributed by atoms with Crippen LogP contribution in [0, 0.1) is 5.92 Å². The van der Waals surface area contributed by atoms with Crippen LogP contribution in [0.4, 0.5) is 0 Å². The van der Waals surface area contributed by atoms with Crippen LogP contribution in [0.1, 0.15) is 19.0 Å². The van der Waals surface area contributed by atoms with E-state index in [0.717, 1.165) is 17.6 Å².